The van der Waals surface area contributed by atoms with Gasteiger partial charge in [0, 0.05) is 25.9 Å². The van der Waals surface area contributed by atoms with Crippen LogP contribution in [0.2, 0.25) is 0 Å². The Hall–Kier alpha value is -1.62. The van der Waals surface area contributed by atoms with Crippen LogP contribution in [0.3, 0.4) is 0 Å². The van der Waals surface area contributed by atoms with Gasteiger partial charge in [-0.05, 0) is 13.1 Å². The highest BCUT2D eigenvalue weighted by Crippen LogP contribution is 2.17. The summed E-state index contributed by atoms with van der Waals surface area (Å²) in [7, 11) is 3.74. The quantitative estimate of drug-likeness (QED) is 0.781. The topological polar surface area (TPSA) is 55.9 Å². The Balaban J connectivity index is 2.24. The van der Waals surface area contributed by atoms with Crippen molar-refractivity contribution in [2.24, 2.45) is 7.05 Å². The van der Waals surface area contributed by atoms with Crippen LogP contribution in [0, 0.1) is 0 Å². The standard InChI is InChI=1S/C9H12N4O/c1-10-6-7-5-9(14-12-7)8-3-4-13(2)11-8/h3-5,10H,6H2,1-2H3. The van der Waals surface area contributed by atoms with Crippen LogP contribution < -0.4 is 5.32 Å². The monoisotopic (exact) mass is 192 g/mol. The minimum atomic E-state index is 0.704. The lowest BCUT2D eigenvalue weighted by Crippen LogP contribution is -2.04. The molecule has 0 aliphatic heterocycles. The normalized spacial score (nSPS) is 10.7. The smallest absolute Gasteiger partial charge is 0.187 e. The van der Waals surface area contributed by atoms with E-state index in [1.165, 1.54) is 0 Å². The van der Waals surface area contributed by atoms with Crippen LogP contribution in [0.25, 0.3) is 11.5 Å². The molecule has 0 fully saturated rings. The number of hydrogen-bond donors (Lipinski definition) is 1. The summed E-state index contributed by atoms with van der Waals surface area (Å²) in [5, 5.41) is 11.1. The lowest BCUT2D eigenvalue weighted by molar-refractivity contribution is 0.420. The van der Waals surface area contributed by atoms with Gasteiger partial charge in [-0.15, -0.1) is 0 Å². The molecule has 14 heavy (non-hydrogen) atoms. The summed E-state index contributed by atoms with van der Waals surface area (Å²) < 4.78 is 6.88. The highest BCUT2D eigenvalue weighted by molar-refractivity contribution is 5.50. The van der Waals surface area contributed by atoms with Gasteiger partial charge in [0.25, 0.3) is 0 Å². The lowest BCUT2D eigenvalue weighted by atomic mass is 10.3. The largest absolute Gasteiger partial charge is 0.354 e. The molecule has 0 aliphatic rings. The molecule has 0 unspecified atom stereocenters. The predicted octanol–water partition coefficient (Wildman–Crippen LogP) is 0.794. The minimum Gasteiger partial charge on any atom is -0.354 e. The number of aryl methyl sites for hydroxylation is 1. The molecule has 0 atom stereocenters. The van der Waals surface area contributed by atoms with Crippen molar-refractivity contribution in [1.82, 2.24) is 20.3 Å². The summed E-state index contributed by atoms with van der Waals surface area (Å²) in [5.41, 5.74) is 1.69. The van der Waals surface area contributed by atoms with E-state index >= 15 is 0 Å². The van der Waals surface area contributed by atoms with Crippen molar-refractivity contribution in [3.8, 4) is 11.5 Å². The van der Waals surface area contributed by atoms with E-state index in [9.17, 15) is 0 Å². The van der Waals surface area contributed by atoms with Crippen LogP contribution in [0.4, 0.5) is 0 Å². The second-order valence-corrected chi connectivity index (χ2v) is 3.09. The van der Waals surface area contributed by atoms with Crippen molar-refractivity contribution in [3.05, 3.63) is 24.0 Å². The van der Waals surface area contributed by atoms with Gasteiger partial charge >= 0.3 is 0 Å². The van der Waals surface area contributed by atoms with Crippen molar-refractivity contribution in [1.29, 1.82) is 0 Å². The number of aromatic nitrogens is 3. The van der Waals surface area contributed by atoms with E-state index in [4.69, 9.17) is 4.52 Å². The van der Waals surface area contributed by atoms with E-state index in [0.717, 1.165) is 11.4 Å². The maximum absolute atomic E-state index is 5.15. The first-order valence-electron chi connectivity index (χ1n) is 4.40. The van der Waals surface area contributed by atoms with E-state index in [-0.39, 0.29) is 0 Å². The second-order valence-electron chi connectivity index (χ2n) is 3.09. The van der Waals surface area contributed by atoms with Crippen LogP contribution >= 0.6 is 0 Å². The van der Waals surface area contributed by atoms with Gasteiger partial charge in [0.1, 0.15) is 5.69 Å². The SMILES string of the molecule is CNCc1cc(-c2ccn(C)n2)on1. The Kier molecular flexibility index (Phi) is 2.32. The lowest BCUT2D eigenvalue weighted by Gasteiger charge is -1.87. The molecular formula is C9H12N4O. The molecule has 2 aromatic heterocycles. The van der Waals surface area contributed by atoms with Crippen LogP contribution in [0.5, 0.6) is 0 Å². The average Bonchev–Trinajstić information content (AvgIpc) is 2.74. The molecule has 0 radical (unpaired) electrons. The zero-order valence-electron chi connectivity index (χ0n) is 8.19. The zero-order chi connectivity index (χ0) is 9.97. The molecular weight excluding hydrogens is 180 g/mol. The fourth-order valence-electron chi connectivity index (χ4n) is 1.24. The van der Waals surface area contributed by atoms with Crippen molar-refractivity contribution in [2.75, 3.05) is 7.05 Å². The van der Waals surface area contributed by atoms with Crippen molar-refractivity contribution in [3.63, 3.8) is 0 Å². The molecule has 0 aromatic carbocycles. The maximum atomic E-state index is 5.15. The molecule has 5 nitrogen and oxygen atoms in total. The zero-order valence-corrected chi connectivity index (χ0v) is 8.19. The molecule has 0 bridgehead atoms. The summed E-state index contributed by atoms with van der Waals surface area (Å²) in [5.74, 6) is 0.704. The molecule has 0 amide bonds. The minimum absolute atomic E-state index is 0.704. The number of hydrogen-bond acceptors (Lipinski definition) is 4. The molecule has 2 heterocycles. The maximum Gasteiger partial charge on any atom is 0.187 e. The van der Waals surface area contributed by atoms with Gasteiger partial charge in [0.15, 0.2) is 5.76 Å². The Morgan fingerprint density at radius 3 is 3.07 bits per heavy atom. The highest BCUT2D eigenvalue weighted by Gasteiger charge is 2.07. The van der Waals surface area contributed by atoms with E-state index in [0.29, 0.717) is 12.3 Å². The summed E-state index contributed by atoms with van der Waals surface area (Å²) >= 11 is 0. The van der Waals surface area contributed by atoms with Gasteiger partial charge in [-0.25, -0.2) is 0 Å². The van der Waals surface area contributed by atoms with Crippen LogP contribution in [-0.2, 0) is 13.6 Å². The third-order valence-electron chi connectivity index (χ3n) is 1.88. The molecule has 5 heteroatoms. The van der Waals surface area contributed by atoms with Gasteiger partial charge in [-0.1, -0.05) is 5.16 Å². The Labute approximate surface area is 81.7 Å². The predicted molar refractivity (Wildman–Crippen MR) is 51.5 cm³/mol. The molecule has 2 aromatic rings. The Morgan fingerprint density at radius 2 is 2.43 bits per heavy atom. The van der Waals surface area contributed by atoms with Crippen LogP contribution in [-0.4, -0.2) is 22.0 Å². The Bertz CT molecular complexity index is 418. The van der Waals surface area contributed by atoms with Crippen molar-refractivity contribution in [2.45, 2.75) is 6.54 Å². The van der Waals surface area contributed by atoms with Gasteiger partial charge < -0.3 is 9.84 Å². The van der Waals surface area contributed by atoms with Gasteiger partial charge in [-0.3, -0.25) is 4.68 Å². The fraction of sp³-hybridized carbons (Fsp3) is 0.333. The van der Waals surface area contributed by atoms with Gasteiger partial charge in [-0.2, -0.15) is 5.10 Å². The molecule has 2 rings (SSSR count). The number of rotatable bonds is 3. The molecule has 0 saturated carbocycles. The highest BCUT2D eigenvalue weighted by atomic mass is 16.5. The first-order chi connectivity index (χ1) is 6.79. The molecule has 0 spiro atoms. The van der Waals surface area contributed by atoms with Gasteiger partial charge in [0.05, 0.1) is 5.69 Å². The van der Waals surface area contributed by atoms with Gasteiger partial charge in [0.2, 0.25) is 0 Å². The Morgan fingerprint density at radius 1 is 1.57 bits per heavy atom. The van der Waals surface area contributed by atoms with Crippen molar-refractivity contribution >= 4 is 0 Å². The summed E-state index contributed by atoms with van der Waals surface area (Å²) in [6.45, 7) is 0.705. The fourth-order valence-corrected chi connectivity index (χ4v) is 1.24. The number of nitrogens with one attached hydrogen (secondary N) is 1. The van der Waals surface area contributed by atoms with Crippen LogP contribution in [0.1, 0.15) is 5.69 Å². The third-order valence-corrected chi connectivity index (χ3v) is 1.88. The summed E-state index contributed by atoms with van der Waals surface area (Å²) in [6, 6.07) is 3.78. The number of nitrogens with zero attached hydrogens (tertiary/aromatic N) is 3. The van der Waals surface area contributed by atoms with E-state index in [1.54, 1.807) is 4.68 Å². The first kappa shape index (κ1) is 8.96. The van der Waals surface area contributed by atoms with E-state index in [2.05, 4.69) is 15.6 Å². The molecule has 1 N–H and O–H groups in total. The molecule has 0 aliphatic carbocycles. The molecule has 0 saturated heterocycles. The van der Waals surface area contributed by atoms with E-state index < -0.39 is 0 Å². The second kappa shape index (κ2) is 3.63. The third kappa shape index (κ3) is 1.67. The summed E-state index contributed by atoms with van der Waals surface area (Å²) in [6.07, 6.45) is 1.87. The van der Waals surface area contributed by atoms with Crippen LogP contribution in [0.15, 0.2) is 22.9 Å². The van der Waals surface area contributed by atoms with Crippen molar-refractivity contribution < 1.29 is 4.52 Å². The molecule has 74 valence electrons. The first-order valence-corrected chi connectivity index (χ1v) is 4.40. The summed E-state index contributed by atoms with van der Waals surface area (Å²) in [4.78, 5) is 0. The average molecular weight is 192 g/mol. The van der Waals surface area contributed by atoms with E-state index in [1.807, 2.05) is 32.4 Å².